The fourth-order valence-electron chi connectivity index (χ4n) is 1.53. The summed E-state index contributed by atoms with van der Waals surface area (Å²) < 4.78 is 5.70. The fraction of sp³-hybridized carbons (Fsp3) is 0.667. The predicted octanol–water partition coefficient (Wildman–Crippen LogP) is 2.82. The highest BCUT2D eigenvalue weighted by atomic mass is 16.5. The van der Waals surface area contributed by atoms with Gasteiger partial charge in [-0.3, -0.25) is 0 Å². The van der Waals surface area contributed by atoms with Gasteiger partial charge in [-0.2, -0.15) is 0 Å². The molecule has 1 rings (SSSR count). The Hall–Kier alpha value is -1.32. The number of hydrogen-bond donors (Lipinski definition) is 1. The van der Waals surface area contributed by atoms with Gasteiger partial charge in [0.25, 0.3) is 0 Å². The van der Waals surface area contributed by atoms with E-state index in [9.17, 15) is 0 Å². The van der Waals surface area contributed by atoms with Crippen LogP contribution in [0.2, 0.25) is 0 Å². The summed E-state index contributed by atoms with van der Waals surface area (Å²) >= 11 is 0. The van der Waals surface area contributed by atoms with Gasteiger partial charge in [0, 0.05) is 6.54 Å². The van der Waals surface area contributed by atoms with Crippen molar-refractivity contribution < 1.29 is 4.74 Å². The number of aromatic nitrogens is 2. The van der Waals surface area contributed by atoms with Crippen LogP contribution in [0.1, 0.15) is 46.1 Å². The summed E-state index contributed by atoms with van der Waals surface area (Å²) in [7, 11) is 0. The third-order valence-corrected chi connectivity index (χ3v) is 2.12. The lowest BCUT2D eigenvalue weighted by molar-refractivity contribution is 0.229. The molecule has 0 aliphatic rings. The summed E-state index contributed by atoms with van der Waals surface area (Å²) in [6, 6.07) is 0. The molecule has 0 spiro atoms. The highest BCUT2D eigenvalue weighted by molar-refractivity contribution is 5.50. The predicted molar refractivity (Wildman–Crippen MR) is 66.0 cm³/mol. The van der Waals surface area contributed by atoms with Gasteiger partial charge in [-0.1, -0.05) is 13.8 Å². The van der Waals surface area contributed by atoms with E-state index >= 15 is 0 Å². The Morgan fingerprint density at radius 2 is 1.94 bits per heavy atom. The van der Waals surface area contributed by atoms with E-state index in [1.807, 2.05) is 13.8 Å². The zero-order valence-electron chi connectivity index (χ0n) is 10.7. The molecule has 0 bridgehead atoms. The van der Waals surface area contributed by atoms with Gasteiger partial charge >= 0.3 is 0 Å². The first-order valence-electron chi connectivity index (χ1n) is 5.81. The van der Waals surface area contributed by atoms with Crippen LogP contribution in [0.15, 0.2) is 6.33 Å². The van der Waals surface area contributed by atoms with Crippen molar-refractivity contribution in [2.24, 2.45) is 0 Å². The molecule has 16 heavy (non-hydrogen) atoms. The van der Waals surface area contributed by atoms with E-state index in [0.29, 0.717) is 11.8 Å². The number of hydrogen-bond acceptors (Lipinski definition) is 4. The van der Waals surface area contributed by atoms with Crippen molar-refractivity contribution in [2.45, 2.75) is 46.6 Å². The van der Waals surface area contributed by atoms with Crippen LogP contribution in [0, 0.1) is 0 Å². The molecule has 0 radical (unpaired) electrons. The van der Waals surface area contributed by atoms with E-state index in [4.69, 9.17) is 4.74 Å². The van der Waals surface area contributed by atoms with Gasteiger partial charge in [-0.15, -0.1) is 0 Å². The molecule has 0 aromatic carbocycles. The summed E-state index contributed by atoms with van der Waals surface area (Å²) in [6.45, 7) is 11.1. The molecule has 0 saturated carbocycles. The third-order valence-electron chi connectivity index (χ3n) is 2.12. The Labute approximate surface area is 97.5 Å². The molecule has 0 unspecified atom stereocenters. The van der Waals surface area contributed by atoms with E-state index in [1.165, 1.54) is 0 Å². The number of anilines is 1. The van der Waals surface area contributed by atoms with Crippen molar-refractivity contribution >= 4 is 5.82 Å². The minimum absolute atomic E-state index is 0.127. The lowest BCUT2D eigenvalue weighted by Gasteiger charge is -2.18. The van der Waals surface area contributed by atoms with Crippen LogP contribution < -0.4 is 10.1 Å². The first-order chi connectivity index (χ1) is 7.56. The Bertz CT molecular complexity index is 337. The summed E-state index contributed by atoms with van der Waals surface area (Å²) in [5, 5.41) is 3.24. The average Bonchev–Trinajstić information content (AvgIpc) is 2.16. The summed E-state index contributed by atoms with van der Waals surface area (Å²) in [5.41, 5.74) is 1.05. The second-order valence-corrected chi connectivity index (χ2v) is 4.29. The Morgan fingerprint density at radius 1 is 1.25 bits per heavy atom. The van der Waals surface area contributed by atoms with Crippen LogP contribution >= 0.6 is 0 Å². The van der Waals surface area contributed by atoms with Crippen LogP contribution in [0.5, 0.6) is 5.88 Å². The SMILES string of the molecule is CCNc1ncnc(OC(C)C)c1C(C)C. The van der Waals surface area contributed by atoms with E-state index in [-0.39, 0.29) is 6.10 Å². The average molecular weight is 223 g/mol. The molecule has 1 N–H and O–H groups in total. The molecule has 1 aromatic rings. The smallest absolute Gasteiger partial charge is 0.222 e. The molecule has 4 nitrogen and oxygen atoms in total. The summed E-state index contributed by atoms with van der Waals surface area (Å²) in [4.78, 5) is 8.47. The minimum Gasteiger partial charge on any atom is -0.475 e. The van der Waals surface area contributed by atoms with Crippen LogP contribution in [-0.2, 0) is 0 Å². The van der Waals surface area contributed by atoms with Gasteiger partial charge in [0.2, 0.25) is 5.88 Å². The number of rotatable bonds is 5. The van der Waals surface area contributed by atoms with Gasteiger partial charge in [0.05, 0.1) is 11.7 Å². The molecule has 0 atom stereocenters. The van der Waals surface area contributed by atoms with E-state index < -0.39 is 0 Å². The maximum Gasteiger partial charge on any atom is 0.222 e. The van der Waals surface area contributed by atoms with Crippen molar-refractivity contribution in [2.75, 3.05) is 11.9 Å². The lowest BCUT2D eigenvalue weighted by atomic mass is 10.1. The van der Waals surface area contributed by atoms with Crippen molar-refractivity contribution in [1.29, 1.82) is 0 Å². The summed E-state index contributed by atoms with van der Waals surface area (Å²) in [5.74, 6) is 1.91. The standard InChI is InChI=1S/C12H21N3O/c1-6-13-11-10(8(2)3)12(15-7-14-11)16-9(4)5/h7-9H,6H2,1-5H3,(H,13,14,15). The summed E-state index contributed by atoms with van der Waals surface area (Å²) in [6.07, 6.45) is 1.67. The monoisotopic (exact) mass is 223 g/mol. The van der Waals surface area contributed by atoms with E-state index in [2.05, 4.69) is 36.1 Å². The van der Waals surface area contributed by atoms with E-state index in [0.717, 1.165) is 17.9 Å². The molecule has 0 aliphatic heterocycles. The van der Waals surface area contributed by atoms with Crippen molar-refractivity contribution in [3.8, 4) is 5.88 Å². The topological polar surface area (TPSA) is 47.0 Å². The highest BCUT2D eigenvalue weighted by Gasteiger charge is 2.16. The Kier molecular flexibility index (Phi) is 4.52. The van der Waals surface area contributed by atoms with Crippen molar-refractivity contribution in [3.63, 3.8) is 0 Å². The Balaban J connectivity index is 3.10. The third kappa shape index (κ3) is 3.08. The highest BCUT2D eigenvalue weighted by Crippen LogP contribution is 2.30. The zero-order chi connectivity index (χ0) is 12.1. The van der Waals surface area contributed by atoms with Gasteiger partial charge in [-0.25, -0.2) is 9.97 Å². The van der Waals surface area contributed by atoms with Gasteiger partial charge < -0.3 is 10.1 Å². The van der Waals surface area contributed by atoms with Crippen molar-refractivity contribution in [1.82, 2.24) is 9.97 Å². The molecule has 4 heteroatoms. The van der Waals surface area contributed by atoms with Crippen LogP contribution in [0.3, 0.4) is 0 Å². The molecule has 0 fully saturated rings. The maximum atomic E-state index is 5.70. The normalized spacial score (nSPS) is 10.9. The van der Waals surface area contributed by atoms with Crippen molar-refractivity contribution in [3.05, 3.63) is 11.9 Å². The fourth-order valence-corrected chi connectivity index (χ4v) is 1.53. The van der Waals surface area contributed by atoms with Crippen LogP contribution in [0.25, 0.3) is 0 Å². The second-order valence-electron chi connectivity index (χ2n) is 4.29. The van der Waals surface area contributed by atoms with E-state index in [1.54, 1.807) is 6.33 Å². The molecule has 0 amide bonds. The molecule has 1 aromatic heterocycles. The van der Waals surface area contributed by atoms with Gasteiger partial charge in [0.15, 0.2) is 0 Å². The maximum absolute atomic E-state index is 5.70. The number of nitrogens with one attached hydrogen (secondary N) is 1. The first-order valence-corrected chi connectivity index (χ1v) is 5.81. The molecule has 1 heterocycles. The van der Waals surface area contributed by atoms with Crippen LogP contribution in [0.4, 0.5) is 5.82 Å². The van der Waals surface area contributed by atoms with Gasteiger partial charge in [0.1, 0.15) is 12.1 Å². The van der Waals surface area contributed by atoms with Crippen LogP contribution in [-0.4, -0.2) is 22.6 Å². The molecular weight excluding hydrogens is 202 g/mol. The number of nitrogens with zero attached hydrogens (tertiary/aromatic N) is 2. The minimum atomic E-state index is 0.127. The molecule has 90 valence electrons. The molecule has 0 saturated heterocycles. The van der Waals surface area contributed by atoms with Gasteiger partial charge in [-0.05, 0) is 26.7 Å². The second kappa shape index (κ2) is 5.68. The largest absolute Gasteiger partial charge is 0.475 e. The molecular formula is C12H21N3O. The number of ether oxygens (including phenoxy) is 1. The first kappa shape index (κ1) is 12.7. The quantitative estimate of drug-likeness (QED) is 0.833. The molecule has 0 aliphatic carbocycles. The Morgan fingerprint density at radius 3 is 2.44 bits per heavy atom. The zero-order valence-corrected chi connectivity index (χ0v) is 10.7. The lowest BCUT2D eigenvalue weighted by Crippen LogP contribution is -2.13.